The van der Waals surface area contributed by atoms with Gasteiger partial charge in [0, 0.05) is 5.69 Å². The number of hydrogen-bond acceptors (Lipinski definition) is 3. The predicted molar refractivity (Wildman–Crippen MR) is 72.7 cm³/mol. The Morgan fingerprint density at radius 1 is 1.32 bits per heavy atom. The van der Waals surface area contributed by atoms with Gasteiger partial charge in [-0.15, -0.1) is 0 Å². The summed E-state index contributed by atoms with van der Waals surface area (Å²) in [6, 6.07) is 2.76. The number of benzene rings is 1. The van der Waals surface area contributed by atoms with Gasteiger partial charge in [-0.25, -0.2) is 9.87 Å². The fraction of sp³-hybridized carbons (Fsp3) is 0.500. The minimum Gasteiger partial charge on any atom is -0.374 e. The molecule has 0 aliphatic heterocycles. The maximum Gasteiger partial charge on any atom is 0.265 e. The number of aryl methyl sites for hydroxylation is 2. The van der Waals surface area contributed by atoms with Crippen LogP contribution in [-0.4, -0.2) is 17.2 Å². The van der Waals surface area contributed by atoms with Gasteiger partial charge in [0.15, 0.2) is 0 Å². The van der Waals surface area contributed by atoms with Crippen molar-refractivity contribution in [1.29, 1.82) is 0 Å². The molecule has 4 nitrogen and oxygen atoms in total. The molecule has 0 aliphatic carbocycles. The van der Waals surface area contributed by atoms with Crippen molar-refractivity contribution in [3.8, 4) is 0 Å². The number of halogens is 1. The van der Waals surface area contributed by atoms with E-state index in [0.29, 0.717) is 23.2 Å². The normalized spacial score (nSPS) is 12.4. The van der Waals surface area contributed by atoms with Crippen molar-refractivity contribution in [3.05, 3.63) is 29.1 Å². The molecule has 106 valence electrons. The van der Waals surface area contributed by atoms with Crippen LogP contribution < -0.4 is 10.8 Å². The third-order valence-corrected chi connectivity index (χ3v) is 2.91. The molecule has 1 aromatic carbocycles. The fourth-order valence-electron chi connectivity index (χ4n) is 2.01. The molecule has 0 spiro atoms. The van der Waals surface area contributed by atoms with Crippen LogP contribution in [0.2, 0.25) is 0 Å². The van der Waals surface area contributed by atoms with E-state index in [2.05, 4.69) is 5.32 Å². The number of hydroxylamine groups is 1. The monoisotopic (exact) mass is 268 g/mol. The lowest BCUT2D eigenvalue weighted by Crippen LogP contribution is -2.39. The van der Waals surface area contributed by atoms with Gasteiger partial charge in [-0.3, -0.25) is 10.0 Å². The van der Waals surface area contributed by atoms with E-state index in [0.717, 1.165) is 0 Å². The molecular formula is C14H21FN2O2. The van der Waals surface area contributed by atoms with Crippen LogP contribution >= 0.6 is 0 Å². The highest BCUT2D eigenvalue weighted by atomic mass is 19.1. The lowest BCUT2D eigenvalue weighted by atomic mass is 10.0. The Bertz CT molecular complexity index is 438. The number of amides is 1. The number of rotatable bonds is 5. The van der Waals surface area contributed by atoms with Crippen molar-refractivity contribution in [3.63, 3.8) is 0 Å². The Morgan fingerprint density at radius 3 is 2.26 bits per heavy atom. The molecular weight excluding hydrogens is 247 g/mol. The predicted octanol–water partition coefficient (Wildman–Crippen LogP) is 2.77. The average molecular weight is 268 g/mol. The minimum atomic E-state index is -0.547. The molecule has 3 N–H and O–H groups in total. The summed E-state index contributed by atoms with van der Waals surface area (Å²) in [5.74, 6) is -0.441. The van der Waals surface area contributed by atoms with E-state index in [1.165, 1.54) is 0 Å². The highest BCUT2D eigenvalue weighted by molar-refractivity contribution is 5.83. The third kappa shape index (κ3) is 4.21. The van der Waals surface area contributed by atoms with Gasteiger partial charge in [0.25, 0.3) is 5.91 Å². The Kier molecular flexibility index (Phi) is 5.30. The Balaban J connectivity index is 2.93. The molecule has 1 amide bonds. The highest BCUT2D eigenvalue weighted by Crippen LogP contribution is 2.20. The molecule has 0 heterocycles. The van der Waals surface area contributed by atoms with Crippen LogP contribution in [-0.2, 0) is 4.79 Å². The van der Waals surface area contributed by atoms with Gasteiger partial charge in [0.1, 0.15) is 11.9 Å². The van der Waals surface area contributed by atoms with Crippen LogP contribution in [0.4, 0.5) is 10.1 Å². The fourth-order valence-corrected chi connectivity index (χ4v) is 2.01. The van der Waals surface area contributed by atoms with Crippen LogP contribution in [0.15, 0.2) is 12.1 Å². The zero-order valence-electron chi connectivity index (χ0n) is 11.7. The van der Waals surface area contributed by atoms with Crippen molar-refractivity contribution >= 4 is 11.6 Å². The molecule has 0 bridgehead atoms. The van der Waals surface area contributed by atoms with E-state index in [1.807, 2.05) is 13.8 Å². The Hall–Kier alpha value is -1.62. The summed E-state index contributed by atoms with van der Waals surface area (Å²) >= 11 is 0. The molecule has 0 unspecified atom stereocenters. The Labute approximate surface area is 113 Å². The highest BCUT2D eigenvalue weighted by Gasteiger charge is 2.19. The van der Waals surface area contributed by atoms with Crippen LogP contribution in [0.25, 0.3) is 0 Å². The maximum atomic E-state index is 13.5. The Morgan fingerprint density at radius 2 is 1.84 bits per heavy atom. The van der Waals surface area contributed by atoms with Gasteiger partial charge >= 0.3 is 0 Å². The van der Waals surface area contributed by atoms with Crippen LogP contribution in [0.3, 0.4) is 0 Å². The topological polar surface area (TPSA) is 61.4 Å². The SMILES string of the molecule is Cc1cc(N[C@H](CC(C)C)C(=O)NO)cc(C)c1F. The first-order chi connectivity index (χ1) is 8.85. The minimum absolute atomic E-state index is 0.238. The second kappa shape index (κ2) is 6.52. The van der Waals surface area contributed by atoms with E-state index in [1.54, 1.807) is 31.5 Å². The van der Waals surface area contributed by atoms with Crippen molar-refractivity contribution < 1.29 is 14.4 Å². The summed E-state index contributed by atoms with van der Waals surface area (Å²) in [6.07, 6.45) is 0.571. The molecule has 1 atom stereocenters. The van der Waals surface area contributed by atoms with E-state index in [-0.39, 0.29) is 11.7 Å². The molecule has 5 heteroatoms. The summed E-state index contributed by atoms with van der Waals surface area (Å²) in [5.41, 5.74) is 3.37. The molecule has 0 aromatic heterocycles. The number of nitrogens with one attached hydrogen (secondary N) is 2. The summed E-state index contributed by atoms with van der Waals surface area (Å²) in [7, 11) is 0. The molecule has 0 aliphatic rings. The van der Waals surface area contributed by atoms with E-state index >= 15 is 0 Å². The van der Waals surface area contributed by atoms with E-state index in [4.69, 9.17) is 5.21 Å². The van der Waals surface area contributed by atoms with Crippen molar-refractivity contribution in [2.45, 2.75) is 40.2 Å². The van der Waals surface area contributed by atoms with Crippen molar-refractivity contribution in [2.24, 2.45) is 5.92 Å². The molecule has 1 rings (SSSR count). The summed E-state index contributed by atoms with van der Waals surface area (Å²) in [4.78, 5) is 11.6. The first kappa shape index (κ1) is 15.4. The first-order valence-corrected chi connectivity index (χ1v) is 6.32. The summed E-state index contributed by atoms with van der Waals surface area (Å²) in [5, 5.41) is 11.8. The van der Waals surface area contributed by atoms with E-state index < -0.39 is 11.9 Å². The van der Waals surface area contributed by atoms with Gasteiger partial charge < -0.3 is 5.32 Å². The average Bonchev–Trinajstić information content (AvgIpc) is 2.33. The number of hydrogen-bond donors (Lipinski definition) is 3. The largest absolute Gasteiger partial charge is 0.374 e. The van der Waals surface area contributed by atoms with Crippen molar-refractivity contribution in [2.75, 3.05) is 5.32 Å². The van der Waals surface area contributed by atoms with Gasteiger partial charge in [-0.05, 0) is 49.4 Å². The zero-order valence-corrected chi connectivity index (χ0v) is 11.7. The van der Waals surface area contributed by atoms with E-state index in [9.17, 15) is 9.18 Å². The third-order valence-electron chi connectivity index (χ3n) is 2.91. The second-order valence-electron chi connectivity index (χ2n) is 5.23. The standard InChI is InChI=1S/C14H21FN2O2/c1-8(2)5-12(14(18)17-19)16-11-6-9(3)13(15)10(4)7-11/h6-8,12,16,19H,5H2,1-4H3,(H,17,18)/t12-/m1/s1. The number of carbonyl (C=O) groups excluding carboxylic acids is 1. The lowest BCUT2D eigenvalue weighted by Gasteiger charge is -2.20. The van der Waals surface area contributed by atoms with Crippen LogP contribution in [0.1, 0.15) is 31.4 Å². The number of carbonyl (C=O) groups is 1. The van der Waals surface area contributed by atoms with Gasteiger partial charge in [0.2, 0.25) is 0 Å². The molecule has 1 aromatic rings. The van der Waals surface area contributed by atoms with Crippen LogP contribution in [0, 0.1) is 25.6 Å². The molecule has 0 fully saturated rings. The molecule has 0 saturated heterocycles. The summed E-state index contributed by atoms with van der Waals surface area (Å²) in [6.45, 7) is 7.33. The van der Waals surface area contributed by atoms with Crippen molar-refractivity contribution in [1.82, 2.24) is 5.48 Å². The van der Waals surface area contributed by atoms with Gasteiger partial charge in [-0.1, -0.05) is 13.8 Å². The summed E-state index contributed by atoms with van der Waals surface area (Å²) < 4.78 is 13.5. The maximum absolute atomic E-state index is 13.5. The molecule has 0 radical (unpaired) electrons. The zero-order chi connectivity index (χ0) is 14.6. The second-order valence-corrected chi connectivity index (χ2v) is 5.23. The first-order valence-electron chi connectivity index (χ1n) is 6.32. The number of anilines is 1. The quantitative estimate of drug-likeness (QED) is 0.568. The van der Waals surface area contributed by atoms with Crippen LogP contribution in [0.5, 0.6) is 0 Å². The molecule has 19 heavy (non-hydrogen) atoms. The molecule has 0 saturated carbocycles. The smallest absolute Gasteiger partial charge is 0.265 e. The lowest BCUT2D eigenvalue weighted by molar-refractivity contribution is -0.130. The van der Waals surface area contributed by atoms with Gasteiger partial charge in [0.05, 0.1) is 0 Å². The van der Waals surface area contributed by atoms with Gasteiger partial charge in [-0.2, -0.15) is 0 Å².